The maximum atomic E-state index is 8.56. The molecule has 0 spiro atoms. The summed E-state index contributed by atoms with van der Waals surface area (Å²) in [5.74, 6) is 6.38. The van der Waals surface area contributed by atoms with Crippen LogP contribution in [0.1, 0.15) is 17.5 Å². The number of methoxy groups -OCH3 is 1. The highest BCUT2D eigenvalue weighted by molar-refractivity contribution is 5.40. The van der Waals surface area contributed by atoms with Crippen LogP contribution in [0.3, 0.4) is 0 Å². The van der Waals surface area contributed by atoms with Gasteiger partial charge in [0.25, 0.3) is 0 Å². The van der Waals surface area contributed by atoms with E-state index < -0.39 is 0 Å². The van der Waals surface area contributed by atoms with Crippen LogP contribution >= 0.6 is 0 Å². The third-order valence-corrected chi connectivity index (χ3v) is 1.75. The van der Waals surface area contributed by atoms with Crippen molar-refractivity contribution in [3.05, 3.63) is 23.4 Å². The van der Waals surface area contributed by atoms with Gasteiger partial charge in [-0.25, -0.2) is 4.98 Å². The number of rotatable bonds is 2. The van der Waals surface area contributed by atoms with E-state index in [4.69, 9.17) is 9.84 Å². The molecule has 0 aliphatic carbocycles. The molecule has 0 saturated heterocycles. The Morgan fingerprint density at radius 2 is 2.36 bits per heavy atom. The van der Waals surface area contributed by atoms with Crippen LogP contribution in [0.4, 0.5) is 0 Å². The van der Waals surface area contributed by atoms with Crippen LogP contribution in [0.25, 0.3) is 0 Å². The Hall–Kier alpha value is -1.53. The molecule has 0 radical (unpaired) electrons. The van der Waals surface area contributed by atoms with Crippen molar-refractivity contribution < 1.29 is 9.84 Å². The topological polar surface area (TPSA) is 42.4 Å². The molecule has 0 aliphatic rings. The fourth-order valence-corrected chi connectivity index (χ4v) is 0.986. The molecule has 1 N–H and O–H groups in total. The molecule has 0 aliphatic heterocycles. The fourth-order valence-electron chi connectivity index (χ4n) is 0.986. The Bertz CT molecular complexity index is 363. The molecular weight excluding hydrogens is 178 g/mol. The zero-order valence-corrected chi connectivity index (χ0v) is 8.37. The van der Waals surface area contributed by atoms with E-state index in [2.05, 4.69) is 16.8 Å². The summed E-state index contributed by atoms with van der Waals surface area (Å²) >= 11 is 0. The van der Waals surface area contributed by atoms with E-state index in [0.29, 0.717) is 12.3 Å². The normalized spacial score (nSPS) is 9.07. The molecule has 74 valence electrons. The summed E-state index contributed by atoms with van der Waals surface area (Å²) in [4.78, 5) is 4.05. The predicted octanol–water partition coefficient (Wildman–Crippen LogP) is 1.13. The van der Waals surface area contributed by atoms with Gasteiger partial charge >= 0.3 is 0 Å². The zero-order chi connectivity index (χ0) is 10.4. The van der Waals surface area contributed by atoms with Crippen LogP contribution in [0.5, 0.6) is 5.88 Å². The first-order valence-electron chi connectivity index (χ1n) is 4.38. The van der Waals surface area contributed by atoms with Crippen molar-refractivity contribution in [3.8, 4) is 17.7 Å². The number of hydrogen-bond acceptors (Lipinski definition) is 3. The van der Waals surface area contributed by atoms with Crippen LogP contribution in [0.15, 0.2) is 12.3 Å². The second-order valence-corrected chi connectivity index (χ2v) is 2.82. The van der Waals surface area contributed by atoms with Gasteiger partial charge in [0.15, 0.2) is 0 Å². The third kappa shape index (κ3) is 2.75. The molecule has 14 heavy (non-hydrogen) atoms. The number of nitrogens with zero attached hydrogens (tertiary/aromatic N) is 1. The van der Waals surface area contributed by atoms with E-state index in [9.17, 15) is 0 Å². The van der Waals surface area contributed by atoms with Crippen LogP contribution in [0.2, 0.25) is 0 Å². The molecular formula is C11H13NO2. The average Bonchev–Trinajstić information content (AvgIpc) is 2.20. The minimum atomic E-state index is 0.0929. The number of aromatic nitrogens is 1. The third-order valence-electron chi connectivity index (χ3n) is 1.75. The molecule has 3 heteroatoms. The summed E-state index contributed by atoms with van der Waals surface area (Å²) in [6, 6.07) is 1.84. The summed E-state index contributed by atoms with van der Waals surface area (Å²) in [7, 11) is 1.58. The number of pyridine rings is 1. The minimum Gasteiger partial charge on any atom is -0.481 e. The second-order valence-electron chi connectivity index (χ2n) is 2.82. The summed E-state index contributed by atoms with van der Waals surface area (Å²) in [5.41, 5.74) is 1.90. The van der Waals surface area contributed by atoms with E-state index in [0.717, 1.165) is 11.1 Å². The van der Waals surface area contributed by atoms with E-state index in [1.165, 1.54) is 0 Å². The van der Waals surface area contributed by atoms with E-state index in [1.807, 2.05) is 13.0 Å². The van der Waals surface area contributed by atoms with Crippen molar-refractivity contribution in [2.75, 3.05) is 13.7 Å². The van der Waals surface area contributed by atoms with Crippen LogP contribution in [-0.2, 0) is 0 Å². The van der Waals surface area contributed by atoms with Crippen LogP contribution in [0, 0.1) is 18.8 Å². The Morgan fingerprint density at radius 1 is 1.57 bits per heavy atom. The molecule has 1 aromatic rings. The fraction of sp³-hybridized carbons (Fsp3) is 0.364. The van der Waals surface area contributed by atoms with Crippen LogP contribution in [-0.4, -0.2) is 23.8 Å². The summed E-state index contributed by atoms with van der Waals surface area (Å²) in [6.45, 7) is 2.04. The van der Waals surface area contributed by atoms with E-state index >= 15 is 0 Å². The Kier molecular flexibility index (Phi) is 3.96. The highest BCUT2D eigenvalue weighted by atomic mass is 16.5. The number of aryl methyl sites for hydroxylation is 1. The molecule has 0 aromatic carbocycles. The van der Waals surface area contributed by atoms with Gasteiger partial charge in [-0.1, -0.05) is 11.8 Å². The lowest BCUT2D eigenvalue weighted by Gasteiger charge is -2.00. The van der Waals surface area contributed by atoms with E-state index in [1.54, 1.807) is 13.3 Å². The highest BCUT2D eigenvalue weighted by Gasteiger charge is 1.97. The van der Waals surface area contributed by atoms with Gasteiger partial charge in [-0.05, 0) is 12.5 Å². The average molecular weight is 191 g/mol. The van der Waals surface area contributed by atoms with Gasteiger partial charge < -0.3 is 9.84 Å². The number of hydrogen-bond donors (Lipinski definition) is 1. The molecule has 0 atom stereocenters. The Morgan fingerprint density at radius 3 is 2.93 bits per heavy atom. The van der Waals surface area contributed by atoms with Gasteiger partial charge in [0.2, 0.25) is 5.88 Å². The number of ether oxygens (including phenoxy) is 1. The SMILES string of the molecule is COc1cc(C)c(C#CCCO)cn1. The Balaban J connectivity index is 2.85. The van der Waals surface area contributed by atoms with Gasteiger partial charge in [0, 0.05) is 24.2 Å². The van der Waals surface area contributed by atoms with Crippen LogP contribution < -0.4 is 4.74 Å². The van der Waals surface area contributed by atoms with Crippen molar-refractivity contribution in [1.82, 2.24) is 4.98 Å². The van der Waals surface area contributed by atoms with E-state index in [-0.39, 0.29) is 6.61 Å². The van der Waals surface area contributed by atoms with Crippen molar-refractivity contribution in [2.45, 2.75) is 13.3 Å². The monoisotopic (exact) mass is 191 g/mol. The predicted molar refractivity (Wildman–Crippen MR) is 54.1 cm³/mol. The van der Waals surface area contributed by atoms with Gasteiger partial charge in [0.1, 0.15) is 0 Å². The first-order valence-corrected chi connectivity index (χ1v) is 4.38. The molecule has 0 bridgehead atoms. The first kappa shape index (κ1) is 10.6. The van der Waals surface area contributed by atoms with Crippen molar-refractivity contribution in [3.63, 3.8) is 0 Å². The van der Waals surface area contributed by atoms with Crippen molar-refractivity contribution >= 4 is 0 Å². The number of aliphatic hydroxyl groups excluding tert-OH is 1. The molecule has 3 nitrogen and oxygen atoms in total. The molecule has 1 aromatic heterocycles. The minimum absolute atomic E-state index is 0.0929. The zero-order valence-electron chi connectivity index (χ0n) is 8.37. The second kappa shape index (κ2) is 5.25. The number of aliphatic hydroxyl groups is 1. The van der Waals surface area contributed by atoms with Gasteiger partial charge in [-0.3, -0.25) is 0 Å². The largest absolute Gasteiger partial charge is 0.481 e. The first-order chi connectivity index (χ1) is 6.77. The molecule has 0 unspecified atom stereocenters. The molecule has 0 amide bonds. The molecule has 1 rings (SSSR count). The standard InChI is InChI=1S/C11H13NO2/c1-9-7-11(14-2)12-8-10(9)5-3-4-6-13/h7-8,13H,4,6H2,1-2H3. The highest BCUT2D eigenvalue weighted by Crippen LogP contribution is 2.11. The smallest absolute Gasteiger partial charge is 0.213 e. The summed E-state index contributed by atoms with van der Waals surface area (Å²) < 4.78 is 4.98. The maximum absolute atomic E-state index is 8.56. The van der Waals surface area contributed by atoms with Gasteiger partial charge in [-0.2, -0.15) is 0 Å². The summed E-state index contributed by atoms with van der Waals surface area (Å²) in [5, 5.41) is 8.56. The quantitative estimate of drug-likeness (QED) is 0.712. The molecule has 1 heterocycles. The van der Waals surface area contributed by atoms with Gasteiger partial charge in [0.05, 0.1) is 13.7 Å². The summed E-state index contributed by atoms with van der Waals surface area (Å²) in [6.07, 6.45) is 2.17. The lowest BCUT2D eigenvalue weighted by Crippen LogP contribution is -1.90. The molecule has 0 saturated carbocycles. The van der Waals surface area contributed by atoms with Crippen molar-refractivity contribution in [2.24, 2.45) is 0 Å². The van der Waals surface area contributed by atoms with Crippen molar-refractivity contribution in [1.29, 1.82) is 0 Å². The van der Waals surface area contributed by atoms with Gasteiger partial charge in [-0.15, -0.1) is 0 Å². The lowest BCUT2D eigenvalue weighted by atomic mass is 10.1. The molecule has 0 fully saturated rings. The Labute approximate surface area is 83.7 Å². The maximum Gasteiger partial charge on any atom is 0.213 e. The lowest BCUT2D eigenvalue weighted by molar-refractivity contribution is 0.305.